The van der Waals surface area contributed by atoms with Gasteiger partial charge in [-0.3, -0.25) is 0 Å². The first-order valence-electron chi connectivity index (χ1n) is 3.63. The first-order valence-corrected chi connectivity index (χ1v) is 4.71. The molecule has 0 aliphatic heterocycles. The maximum absolute atomic E-state index is 5.78. The molecule has 2 heteroatoms. The molecule has 2 N–H and O–H groups in total. The molecule has 60 valence electrons. The van der Waals surface area contributed by atoms with Gasteiger partial charge < -0.3 is 5.73 Å². The Balaban J connectivity index is 3.13. The summed E-state index contributed by atoms with van der Waals surface area (Å²) >= 11 is 2.31. The van der Waals surface area contributed by atoms with Gasteiger partial charge >= 0.3 is 0 Å². The van der Waals surface area contributed by atoms with Crippen molar-refractivity contribution in [1.29, 1.82) is 0 Å². The molecule has 0 heterocycles. The van der Waals surface area contributed by atoms with Gasteiger partial charge in [0.25, 0.3) is 0 Å². The molecule has 0 fully saturated rings. The van der Waals surface area contributed by atoms with Crippen LogP contribution in [0.15, 0.2) is 18.2 Å². The van der Waals surface area contributed by atoms with Gasteiger partial charge in [0.15, 0.2) is 0 Å². The Morgan fingerprint density at radius 3 is 2.55 bits per heavy atom. The van der Waals surface area contributed by atoms with E-state index in [0.29, 0.717) is 0 Å². The predicted molar refractivity (Wildman–Crippen MR) is 56.5 cm³/mol. The van der Waals surface area contributed by atoms with Crippen LogP contribution in [-0.4, -0.2) is 0 Å². The molecule has 0 saturated heterocycles. The highest BCUT2D eigenvalue weighted by molar-refractivity contribution is 14.1. The van der Waals surface area contributed by atoms with Crippen LogP contribution in [0.25, 0.3) is 0 Å². The van der Waals surface area contributed by atoms with Crippen molar-refractivity contribution in [3.8, 4) is 0 Å². The molecular formula is C9H12IN. The quantitative estimate of drug-likeness (QED) is 0.772. The number of hydrogen-bond donors (Lipinski definition) is 1. The van der Waals surface area contributed by atoms with Gasteiger partial charge in [0.05, 0.1) is 0 Å². The molecule has 0 aliphatic carbocycles. The van der Waals surface area contributed by atoms with Crippen LogP contribution in [0, 0.1) is 10.5 Å². The highest BCUT2D eigenvalue weighted by Gasteiger charge is 2.03. The number of rotatable bonds is 1. The SMILES string of the molecule is Cc1ccc(I)c([C@@H](C)N)c1. The first-order chi connectivity index (χ1) is 5.11. The van der Waals surface area contributed by atoms with Crippen molar-refractivity contribution in [3.05, 3.63) is 32.9 Å². The van der Waals surface area contributed by atoms with Gasteiger partial charge in [-0.2, -0.15) is 0 Å². The second-order valence-corrected chi connectivity index (χ2v) is 3.98. The number of aryl methyl sites for hydroxylation is 1. The van der Waals surface area contributed by atoms with E-state index in [1.54, 1.807) is 0 Å². The second-order valence-electron chi connectivity index (χ2n) is 2.81. The zero-order valence-corrected chi connectivity index (χ0v) is 8.92. The molecular weight excluding hydrogens is 249 g/mol. The third kappa shape index (κ3) is 2.17. The lowest BCUT2D eigenvalue weighted by atomic mass is 10.1. The Morgan fingerprint density at radius 1 is 1.45 bits per heavy atom. The fourth-order valence-corrected chi connectivity index (χ4v) is 1.84. The van der Waals surface area contributed by atoms with Gasteiger partial charge in [-0.15, -0.1) is 0 Å². The lowest BCUT2D eigenvalue weighted by molar-refractivity contribution is 0.811. The van der Waals surface area contributed by atoms with E-state index >= 15 is 0 Å². The zero-order chi connectivity index (χ0) is 8.43. The Morgan fingerprint density at radius 2 is 2.09 bits per heavy atom. The summed E-state index contributed by atoms with van der Waals surface area (Å²) < 4.78 is 1.25. The fourth-order valence-electron chi connectivity index (χ4n) is 1.01. The topological polar surface area (TPSA) is 26.0 Å². The summed E-state index contributed by atoms with van der Waals surface area (Å²) in [6.45, 7) is 4.10. The molecule has 0 aromatic heterocycles. The van der Waals surface area contributed by atoms with Crippen molar-refractivity contribution >= 4 is 22.6 Å². The van der Waals surface area contributed by atoms with E-state index in [1.807, 2.05) is 6.92 Å². The Kier molecular flexibility index (Phi) is 2.90. The molecule has 0 amide bonds. The van der Waals surface area contributed by atoms with Crippen LogP contribution in [0.5, 0.6) is 0 Å². The van der Waals surface area contributed by atoms with Gasteiger partial charge in [0, 0.05) is 9.61 Å². The van der Waals surface area contributed by atoms with Crippen LogP contribution in [-0.2, 0) is 0 Å². The van der Waals surface area contributed by atoms with E-state index in [4.69, 9.17) is 5.73 Å². The van der Waals surface area contributed by atoms with Crippen LogP contribution >= 0.6 is 22.6 Å². The molecule has 0 bridgehead atoms. The molecule has 1 atom stereocenters. The third-order valence-corrected chi connectivity index (χ3v) is 2.62. The molecule has 0 spiro atoms. The van der Waals surface area contributed by atoms with Crippen molar-refractivity contribution in [2.75, 3.05) is 0 Å². The van der Waals surface area contributed by atoms with Crippen molar-refractivity contribution in [2.45, 2.75) is 19.9 Å². The largest absolute Gasteiger partial charge is 0.324 e. The van der Waals surface area contributed by atoms with Crippen LogP contribution in [0.1, 0.15) is 24.1 Å². The van der Waals surface area contributed by atoms with E-state index in [0.717, 1.165) is 0 Å². The van der Waals surface area contributed by atoms with Crippen molar-refractivity contribution < 1.29 is 0 Å². The lowest BCUT2D eigenvalue weighted by Crippen LogP contribution is -2.06. The zero-order valence-electron chi connectivity index (χ0n) is 6.76. The summed E-state index contributed by atoms with van der Waals surface area (Å²) in [4.78, 5) is 0. The van der Waals surface area contributed by atoms with Crippen molar-refractivity contribution in [3.63, 3.8) is 0 Å². The summed E-state index contributed by atoms with van der Waals surface area (Å²) in [6, 6.07) is 6.50. The maximum Gasteiger partial charge on any atom is 0.0276 e. The Hall–Kier alpha value is -0.0900. The van der Waals surface area contributed by atoms with Crippen molar-refractivity contribution in [2.24, 2.45) is 5.73 Å². The number of nitrogens with two attached hydrogens (primary N) is 1. The number of benzene rings is 1. The normalized spacial score (nSPS) is 13.1. The van der Waals surface area contributed by atoms with E-state index in [9.17, 15) is 0 Å². The summed E-state index contributed by atoms with van der Waals surface area (Å²) in [5.74, 6) is 0. The van der Waals surface area contributed by atoms with Crippen LogP contribution < -0.4 is 5.73 Å². The highest BCUT2D eigenvalue weighted by Crippen LogP contribution is 2.19. The minimum absolute atomic E-state index is 0.141. The fraction of sp³-hybridized carbons (Fsp3) is 0.333. The van der Waals surface area contributed by atoms with Crippen LogP contribution in [0.4, 0.5) is 0 Å². The van der Waals surface area contributed by atoms with E-state index in [-0.39, 0.29) is 6.04 Å². The average molecular weight is 261 g/mol. The van der Waals surface area contributed by atoms with Crippen LogP contribution in [0.2, 0.25) is 0 Å². The summed E-state index contributed by atoms with van der Waals surface area (Å²) in [6.07, 6.45) is 0. The van der Waals surface area contributed by atoms with E-state index < -0.39 is 0 Å². The standard InChI is InChI=1S/C9H12IN/c1-6-3-4-9(10)8(5-6)7(2)11/h3-5,7H,11H2,1-2H3/t7-/m1/s1. The lowest BCUT2D eigenvalue weighted by Gasteiger charge is -2.08. The van der Waals surface area contributed by atoms with E-state index in [2.05, 4.69) is 47.7 Å². The molecule has 0 unspecified atom stereocenters. The molecule has 1 rings (SSSR count). The maximum atomic E-state index is 5.78. The van der Waals surface area contributed by atoms with E-state index in [1.165, 1.54) is 14.7 Å². The third-order valence-electron chi connectivity index (χ3n) is 1.64. The highest BCUT2D eigenvalue weighted by atomic mass is 127. The van der Waals surface area contributed by atoms with Crippen molar-refractivity contribution in [1.82, 2.24) is 0 Å². The first kappa shape index (κ1) is 9.00. The van der Waals surface area contributed by atoms with Gasteiger partial charge in [-0.25, -0.2) is 0 Å². The number of halogens is 1. The Bertz CT molecular complexity index is 256. The molecule has 0 aliphatic rings. The molecule has 1 nitrogen and oxygen atoms in total. The number of hydrogen-bond acceptors (Lipinski definition) is 1. The molecule has 1 aromatic carbocycles. The smallest absolute Gasteiger partial charge is 0.0276 e. The predicted octanol–water partition coefficient (Wildman–Crippen LogP) is 2.62. The van der Waals surface area contributed by atoms with Gasteiger partial charge in [-0.05, 0) is 48.1 Å². The second kappa shape index (κ2) is 3.54. The van der Waals surface area contributed by atoms with Gasteiger partial charge in [0.2, 0.25) is 0 Å². The van der Waals surface area contributed by atoms with Gasteiger partial charge in [0.1, 0.15) is 0 Å². The molecule has 0 saturated carbocycles. The molecule has 0 radical (unpaired) electrons. The molecule has 1 aromatic rings. The summed E-state index contributed by atoms with van der Waals surface area (Å²) in [5.41, 5.74) is 8.30. The van der Waals surface area contributed by atoms with Crippen LogP contribution in [0.3, 0.4) is 0 Å². The molecule has 11 heavy (non-hydrogen) atoms. The minimum atomic E-state index is 0.141. The Labute approximate surface area is 81.1 Å². The average Bonchev–Trinajstić information content (AvgIpc) is 1.94. The van der Waals surface area contributed by atoms with Gasteiger partial charge in [-0.1, -0.05) is 17.7 Å². The minimum Gasteiger partial charge on any atom is -0.324 e. The summed E-state index contributed by atoms with van der Waals surface area (Å²) in [7, 11) is 0. The summed E-state index contributed by atoms with van der Waals surface area (Å²) in [5, 5.41) is 0. The monoisotopic (exact) mass is 261 g/mol.